The number of aromatic nitrogens is 2. The lowest BCUT2D eigenvalue weighted by Crippen LogP contribution is -2.46. The summed E-state index contributed by atoms with van der Waals surface area (Å²) in [4.78, 5) is 52.4. The molecule has 19 heteroatoms. The Hall–Kier alpha value is -4.68. The molecule has 1 aliphatic rings. The molecule has 2 atom stereocenters. The number of hydrogen-bond donors (Lipinski definition) is 3. The number of benzene rings is 1. The Labute approximate surface area is 247 Å². The summed E-state index contributed by atoms with van der Waals surface area (Å²) in [6, 6.07) is 0.217. The fraction of sp³-hybridized carbons (Fsp3) is 0.346. The van der Waals surface area contributed by atoms with Crippen molar-refractivity contribution in [1.82, 2.24) is 14.9 Å². The molecule has 1 unspecified atom stereocenters. The van der Waals surface area contributed by atoms with Crippen LogP contribution in [0, 0.1) is 17.5 Å². The maximum absolute atomic E-state index is 14.8. The predicted molar refractivity (Wildman–Crippen MR) is 140 cm³/mol. The van der Waals surface area contributed by atoms with E-state index in [2.05, 4.69) is 4.98 Å². The number of nitrogens with one attached hydrogen (secondary N) is 1. The molecule has 1 fully saturated rings. The SMILES string of the molecule is C.CC[C@H](NC(=O)c1cn(-c2c(F)cc(F)cc2F)c2nc(N3CC(N)CC3=O)ccc2c1=O)C(F)(F)F.O=C(O)C(F)(F)F. The number of nitrogens with zero attached hydrogens (tertiary/aromatic N) is 3. The highest BCUT2D eigenvalue weighted by Gasteiger charge is 2.40. The van der Waals surface area contributed by atoms with Gasteiger partial charge in [0.15, 0.2) is 17.3 Å². The summed E-state index contributed by atoms with van der Waals surface area (Å²) in [6.07, 6.45) is -9.83. The zero-order chi connectivity index (χ0) is 33.3. The van der Waals surface area contributed by atoms with E-state index in [0.29, 0.717) is 22.9 Å². The van der Waals surface area contributed by atoms with E-state index in [0.717, 1.165) is 13.0 Å². The molecular formula is C26H24F9N5O5. The van der Waals surface area contributed by atoms with Gasteiger partial charge in [0.2, 0.25) is 11.3 Å². The zero-order valence-electron chi connectivity index (χ0n) is 22.1. The van der Waals surface area contributed by atoms with Crippen molar-refractivity contribution in [3.05, 3.63) is 63.7 Å². The van der Waals surface area contributed by atoms with Gasteiger partial charge >= 0.3 is 18.3 Å². The highest BCUT2D eigenvalue weighted by atomic mass is 19.4. The predicted octanol–water partition coefficient (Wildman–Crippen LogP) is 4.21. The van der Waals surface area contributed by atoms with Crippen LogP contribution in [-0.2, 0) is 9.59 Å². The third-order valence-electron chi connectivity index (χ3n) is 6.09. The van der Waals surface area contributed by atoms with Gasteiger partial charge in [-0.05, 0) is 18.6 Å². The van der Waals surface area contributed by atoms with Gasteiger partial charge in [-0.1, -0.05) is 14.4 Å². The molecule has 0 aliphatic carbocycles. The fourth-order valence-corrected chi connectivity index (χ4v) is 4.05. The number of carbonyl (C=O) groups excluding carboxylic acids is 2. The van der Waals surface area contributed by atoms with E-state index in [9.17, 15) is 53.9 Å². The Bertz CT molecular complexity index is 1650. The Kier molecular flexibility index (Phi) is 11.0. The number of pyridine rings is 2. The number of hydrogen-bond acceptors (Lipinski definition) is 6. The van der Waals surface area contributed by atoms with Crippen LogP contribution in [0.15, 0.2) is 35.3 Å². The van der Waals surface area contributed by atoms with Crippen LogP contribution in [0.4, 0.5) is 45.3 Å². The van der Waals surface area contributed by atoms with Crippen LogP contribution < -0.4 is 21.4 Å². The van der Waals surface area contributed by atoms with Gasteiger partial charge < -0.3 is 16.2 Å². The molecule has 246 valence electrons. The molecule has 0 radical (unpaired) electrons. The van der Waals surface area contributed by atoms with Crippen molar-refractivity contribution in [2.75, 3.05) is 11.4 Å². The number of anilines is 1. The third-order valence-corrected chi connectivity index (χ3v) is 6.09. The van der Waals surface area contributed by atoms with Crippen LogP contribution >= 0.6 is 0 Å². The summed E-state index contributed by atoms with van der Waals surface area (Å²) in [5.41, 5.74) is 2.47. The molecule has 1 saturated heterocycles. The van der Waals surface area contributed by atoms with Gasteiger partial charge in [0.25, 0.3) is 5.91 Å². The molecular weight excluding hydrogens is 633 g/mol. The van der Waals surface area contributed by atoms with E-state index in [1.54, 1.807) is 5.32 Å². The molecule has 45 heavy (non-hydrogen) atoms. The lowest BCUT2D eigenvalue weighted by Gasteiger charge is -2.21. The number of amides is 2. The molecule has 0 spiro atoms. The molecule has 2 aromatic heterocycles. The first-order valence-corrected chi connectivity index (χ1v) is 12.2. The molecule has 1 aliphatic heterocycles. The van der Waals surface area contributed by atoms with Crippen molar-refractivity contribution < 1.29 is 59.0 Å². The first-order valence-electron chi connectivity index (χ1n) is 12.2. The van der Waals surface area contributed by atoms with E-state index >= 15 is 0 Å². The van der Waals surface area contributed by atoms with Crippen molar-refractivity contribution in [2.24, 2.45) is 5.73 Å². The first-order chi connectivity index (χ1) is 20.3. The Morgan fingerprint density at radius 2 is 1.64 bits per heavy atom. The minimum atomic E-state index is -5.08. The summed E-state index contributed by atoms with van der Waals surface area (Å²) in [5.74, 6) is -8.78. The molecule has 4 N–H and O–H groups in total. The number of carboxylic acids is 1. The smallest absolute Gasteiger partial charge is 0.475 e. The van der Waals surface area contributed by atoms with Gasteiger partial charge in [-0.3, -0.25) is 23.9 Å². The van der Waals surface area contributed by atoms with Gasteiger partial charge in [0.05, 0.1) is 5.39 Å². The second-order valence-corrected chi connectivity index (χ2v) is 9.25. The van der Waals surface area contributed by atoms with E-state index < -0.39 is 93.8 Å². The molecule has 3 heterocycles. The highest BCUT2D eigenvalue weighted by molar-refractivity contribution is 5.99. The van der Waals surface area contributed by atoms with Gasteiger partial charge in [0.1, 0.15) is 28.9 Å². The van der Waals surface area contributed by atoms with Gasteiger partial charge in [-0.15, -0.1) is 0 Å². The van der Waals surface area contributed by atoms with Crippen LogP contribution in [0.2, 0.25) is 0 Å². The van der Waals surface area contributed by atoms with Crippen LogP contribution in [0.25, 0.3) is 16.7 Å². The van der Waals surface area contributed by atoms with Gasteiger partial charge in [-0.25, -0.2) is 22.9 Å². The summed E-state index contributed by atoms with van der Waals surface area (Å²) >= 11 is 0. The van der Waals surface area contributed by atoms with Crippen LogP contribution in [-0.4, -0.2) is 63.4 Å². The minimum Gasteiger partial charge on any atom is -0.475 e. The van der Waals surface area contributed by atoms with Crippen molar-refractivity contribution in [3.8, 4) is 5.69 Å². The summed E-state index contributed by atoms with van der Waals surface area (Å²) < 4.78 is 115. The Morgan fingerprint density at radius 1 is 1.09 bits per heavy atom. The quantitative estimate of drug-likeness (QED) is 0.349. The summed E-state index contributed by atoms with van der Waals surface area (Å²) in [7, 11) is 0. The van der Waals surface area contributed by atoms with Crippen molar-refractivity contribution in [1.29, 1.82) is 0 Å². The zero-order valence-corrected chi connectivity index (χ0v) is 22.1. The van der Waals surface area contributed by atoms with E-state index in [1.165, 1.54) is 11.0 Å². The number of carbonyl (C=O) groups is 3. The Balaban J connectivity index is 0.000000791. The number of aliphatic carboxylic acids is 1. The lowest BCUT2D eigenvalue weighted by molar-refractivity contribution is -0.192. The largest absolute Gasteiger partial charge is 0.490 e. The molecule has 1 aromatic carbocycles. The minimum absolute atomic E-state index is 0. The number of nitrogens with two attached hydrogens (primary N) is 1. The summed E-state index contributed by atoms with van der Waals surface area (Å²) in [6.45, 7) is 1.23. The second kappa shape index (κ2) is 13.5. The van der Waals surface area contributed by atoms with E-state index in [1.807, 2.05) is 0 Å². The normalized spacial score (nSPS) is 15.7. The molecule has 4 rings (SSSR count). The van der Waals surface area contributed by atoms with Crippen molar-refractivity contribution in [3.63, 3.8) is 0 Å². The number of rotatable bonds is 5. The standard InChI is InChI=1S/C23H19F6N5O3.C2HF3O2.CH4/c1-2-16(23(27,28)29)31-22(37)13-9-34(19-14(25)5-10(24)6-15(19)26)21-12(20(13)36)3-4-17(32-21)33-8-11(30)7-18(33)35;3-2(4,5)1(6)7;/h3-6,9,11,16H,2,7-8,30H2,1H3,(H,31,37);(H,6,7);1H4/t11?,16-;;/m0../s1. The topological polar surface area (TPSA) is 148 Å². The van der Waals surface area contributed by atoms with E-state index in [-0.39, 0.29) is 26.2 Å². The van der Waals surface area contributed by atoms with Crippen molar-refractivity contribution >= 4 is 34.6 Å². The molecule has 10 nitrogen and oxygen atoms in total. The lowest BCUT2D eigenvalue weighted by atomic mass is 10.1. The average Bonchev–Trinajstić information content (AvgIpc) is 3.24. The monoisotopic (exact) mass is 657 g/mol. The number of alkyl halides is 6. The van der Waals surface area contributed by atoms with Crippen LogP contribution in [0.3, 0.4) is 0 Å². The second-order valence-electron chi connectivity index (χ2n) is 9.25. The van der Waals surface area contributed by atoms with Crippen LogP contribution in [0.5, 0.6) is 0 Å². The van der Waals surface area contributed by atoms with Crippen molar-refractivity contribution in [2.45, 2.75) is 51.6 Å². The average molecular weight is 657 g/mol. The Morgan fingerprint density at radius 3 is 2.09 bits per heavy atom. The number of carboxylic acid groups (broad SMARTS) is 1. The third kappa shape index (κ3) is 8.08. The molecule has 0 saturated carbocycles. The first kappa shape index (κ1) is 36.5. The van der Waals surface area contributed by atoms with Gasteiger partial charge in [-0.2, -0.15) is 26.3 Å². The van der Waals surface area contributed by atoms with Gasteiger partial charge in [0, 0.05) is 37.3 Å². The fourth-order valence-electron chi connectivity index (χ4n) is 4.05. The maximum atomic E-state index is 14.8. The number of halogens is 9. The molecule has 0 bridgehead atoms. The maximum Gasteiger partial charge on any atom is 0.490 e. The summed E-state index contributed by atoms with van der Waals surface area (Å²) in [5, 5.41) is 8.43. The van der Waals surface area contributed by atoms with Crippen LogP contribution in [0.1, 0.15) is 37.6 Å². The molecule has 2 amide bonds. The number of fused-ring (bicyclic) bond motifs is 1. The van der Waals surface area contributed by atoms with E-state index in [4.69, 9.17) is 15.6 Å². The molecule has 3 aromatic rings. The highest BCUT2D eigenvalue weighted by Crippen LogP contribution is 2.27.